The predicted octanol–water partition coefficient (Wildman–Crippen LogP) is 2.99. The van der Waals surface area contributed by atoms with Gasteiger partial charge in [-0.3, -0.25) is 14.4 Å². The number of amides is 1. The number of likely N-dealkylation sites (tertiary alicyclic amines) is 1. The molecule has 1 atom stereocenters. The summed E-state index contributed by atoms with van der Waals surface area (Å²) >= 11 is 1.77. The van der Waals surface area contributed by atoms with Gasteiger partial charge in [0.25, 0.3) is 5.91 Å². The lowest BCUT2D eigenvalue weighted by Gasteiger charge is -2.36. The Morgan fingerprint density at radius 1 is 1.46 bits per heavy atom. The Morgan fingerprint density at radius 2 is 2.21 bits per heavy atom. The molecule has 24 heavy (non-hydrogen) atoms. The number of rotatable bonds is 5. The van der Waals surface area contributed by atoms with Gasteiger partial charge >= 0.3 is 0 Å². The zero-order valence-electron chi connectivity index (χ0n) is 14.7. The van der Waals surface area contributed by atoms with Gasteiger partial charge in [0.05, 0.1) is 17.8 Å². The first-order valence-corrected chi connectivity index (χ1v) is 9.48. The Labute approximate surface area is 147 Å². The van der Waals surface area contributed by atoms with Crippen molar-refractivity contribution in [3.05, 3.63) is 39.8 Å². The summed E-state index contributed by atoms with van der Waals surface area (Å²) < 4.78 is 1.73. The van der Waals surface area contributed by atoms with E-state index in [2.05, 4.69) is 39.8 Å². The van der Waals surface area contributed by atoms with Crippen LogP contribution in [0.25, 0.3) is 0 Å². The number of aromatic nitrogens is 2. The van der Waals surface area contributed by atoms with E-state index >= 15 is 0 Å². The van der Waals surface area contributed by atoms with E-state index in [4.69, 9.17) is 0 Å². The smallest absolute Gasteiger partial charge is 0.254 e. The van der Waals surface area contributed by atoms with Crippen LogP contribution in [-0.2, 0) is 7.05 Å². The fraction of sp³-hybridized carbons (Fsp3) is 0.556. The Morgan fingerprint density at radius 3 is 2.79 bits per heavy atom. The molecule has 1 amide bonds. The molecule has 0 radical (unpaired) electrons. The molecule has 0 saturated carbocycles. The van der Waals surface area contributed by atoms with Gasteiger partial charge in [0, 0.05) is 24.2 Å². The molecule has 5 nitrogen and oxygen atoms in total. The van der Waals surface area contributed by atoms with Crippen LogP contribution in [0.4, 0.5) is 0 Å². The Balaban J connectivity index is 1.68. The van der Waals surface area contributed by atoms with Crippen LogP contribution in [0, 0.1) is 12.8 Å². The van der Waals surface area contributed by atoms with Crippen molar-refractivity contribution in [2.75, 3.05) is 19.6 Å². The minimum absolute atomic E-state index is 0.0347. The highest BCUT2D eigenvalue weighted by Gasteiger charge is 2.26. The Hall–Kier alpha value is -1.66. The summed E-state index contributed by atoms with van der Waals surface area (Å²) in [5, 5.41) is 9.40. The molecular weight excluding hydrogens is 320 g/mol. The first-order chi connectivity index (χ1) is 11.6. The summed E-state index contributed by atoms with van der Waals surface area (Å²) in [5.41, 5.74) is 1.56. The van der Waals surface area contributed by atoms with E-state index in [1.165, 1.54) is 17.7 Å². The van der Waals surface area contributed by atoms with Gasteiger partial charge < -0.3 is 5.32 Å². The highest BCUT2D eigenvalue weighted by molar-refractivity contribution is 7.10. The van der Waals surface area contributed by atoms with Gasteiger partial charge in [0.1, 0.15) is 0 Å². The summed E-state index contributed by atoms with van der Waals surface area (Å²) in [4.78, 5) is 16.4. The molecule has 1 aliphatic heterocycles. The van der Waals surface area contributed by atoms with Gasteiger partial charge in [-0.05, 0) is 50.2 Å². The molecule has 0 aliphatic carbocycles. The van der Waals surface area contributed by atoms with Crippen LogP contribution in [0.15, 0.2) is 23.7 Å². The average Bonchev–Trinajstić information content (AvgIpc) is 3.21. The van der Waals surface area contributed by atoms with E-state index in [0.717, 1.165) is 24.7 Å². The van der Waals surface area contributed by atoms with Crippen LogP contribution < -0.4 is 5.32 Å². The van der Waals surface area contributed by atoms with Crippen molar-refractivity contribution in [2.45, 2.75) is 32.7 Å². The van der Waals surface area contributed by atoms with Crippen LogP contribution >= 0.6 is 11.3 Å². The summed E-state index contributed by atoms with van der Waals surface area (Å²) in [6, 6.07) is 4.53. The molecule has 1 saturated heterocycles. The van der Waals surface area contributed by atoms with Crippen LogP contribution in [0.3, 0.4) is 0 Å². The maximum absolute atomic E-state index is 12.5. The van der Waals surface area contributed by atoms with Crippen LogP contribution in [0.2, 0.25) is 0 Å². The van der Waals surface area contributed by atoms with E-state index in [1.54, 1.807) is 22.2 Å². The third kappa shape index (κ3) is 3.70. The number of nitrogens with one attached hydrogen (secondary N) is 1. The quantitative estimate of drug-likeness (QED) is 0.905. The molecule has 0 spiro atoms. The molecule has 0 bridgehead atoms. The second-order valence-electron chi connectivity index (χ2n) is 6.73. The average molecular weight is 347 g/mol. The van der Waals surface area contributed by atoms with Crippen molar-refractivity contribution in [1.29, 1.82) is 0 Å². The second-order valence-corrected chi connectivity index (χ2v) is 7.71. The molecule has 1 N–H and O–H groups in total. The molecule has 1 fully saturated rings. The van der Waals surface area contributed by atoms with E-state index in [-0.39, 0.29) is 11.9 Å². The van der Waals surface area contributed by atoms with E-state index in [9.17, 15) is 4.79 Å². The monoisotopic (exact) mass is 346 g/mol. The third-order valence-corrected chi connectivity index (χ3v) is 6.04. The lowest BCUT2D eigenvalue weighted by atomic mass is 9.97. The molecule has 3 rings (SSSR count). The Kier molecular flexibility index (Phi) is 5.36. The summed E-state index contributed by atoms with van der Waals surface area (Å²) in [7, 11) is 1.86. The summed E-state index contributed by atoms with van der Waals surface area (Å²) in [6.45, 7) is 7.09. The van der Waals surface area contributed by atoms with E-state index in [0.29, 0.717) is 12.1 Å². The van der Waals surface area contributed by atoms with E-state index in [1.807, 2.05) is 14.0 Å². The minimum atomic E-state index is -0.0347. The lowest BCUT2D eigenvalue weighted by Crippen LogP contribution is -2.41. The number of hydrogen-bond donors (Lipinski definition) is 1. The largest absolute Gasteiger partial charge is 0.350 e. The van der Waals surface area contributed by atoms with Crippen LogP contribution in [0.5, 0.6) is 0 Å². The zero-order chi connectivity index (χ0) is 17.1. The summed E-state index contributed by atoms with van der Waals surface area (Å²) in [6.07, 6.45) is 4.11. The maximum Gasteiger partial charge on any atom is 0.254 e. The minimum Gasteiger partial charge on any atom is -0.350 e. The van der Waals surface area contributed by atoms with Gasteiger partial charge in [0.15, 0.2) is 0 Å². The van der Waals surface area contributed by atoms with E-state index < -0.39 is 0 Å². The molecule has 2 aromatic heterocycles. The van der Waals surface area contributed by atoms with Crippen molar-refractivity contribution >= 4 is 17.2 Å². The van der Waals surface area contributed by atoms with Crippen LogP contribution in [0.1, 0.15) is 46.7 Å². The van der Waals surface area contributed by atoms with Crippen molar-refractivity contribution in [1.82, 2.24) is 20.0 Å². The lowest BCUT2D eigenvalue weighted by molar-refractivity contribution is 0.0914. The number of thiophene rings is 1. The number of hydrogen-bond acceptors (Lipinski definition) is 4. The standard InChI is InChI=1S/C18H26N4OS/c1-13-6-8-22(9-7-13)16(17-5-4-10-24-17)12-19-18(23)15-11-20-21(3)14(15)2/h4-5,10-11,13,16H,6-9,12H2,1-3H3,(H,19,23)/t16-/m1/s1. The van der Waals surface area contributed by atoms with Crippen molar-refractivity contribution in [3.8, 4) is 0 Å². The number of aryl methyl sites for hydroxylation is 1. The number of nitrogens with zero attached hydrogens (tertiary/aromatic N) is 3. The van der Waals surface area contributed by atoms with Gasteiger partial charge in [-0.1, -0.05) is 13.0 Å². The highest BCUT2D eigenvalue weighted by Crippen LogP contribution is 2.29. The first kappa shape index (κ1) is 17.2. The number of carbonyl (C=O) groups excluding carboxylic acids is 1. The van der Waals surface area contributed by atoms with Gasteiger partial charge in [-0.15, -0.1) is 11.3 Å². The molecule has 3 heterocycles. The second kappa shape index (κ2) is 7.49. The molecule has 0 unspecified atom stereocenters. The molecule has 0 aromatic carbocycles. The van der Waals surface area contributed by atoms with Crippen LogP contribution in [-0.4, -0.2) is 40.2 Å². The fourth-order valence-corrected chi connectivity index (χ4v) is 4.10. The third-order valence-electron chi connectivity index (χ3n) is 5.07. The van der Waals surface area contributed by atoms with Gasteiger partial charge in [-0.2, -0.15) is 5.10 Å². The molecule has 1 aliphatic rings. The van der Waals surface area contributed by atoms with Crippen molar-refractivity contribution in [3.63, 3.8) is 0 Å². The maximum atomic E-state index is 12.5. The first-order valence-electron chi connectivity index (χ1n) is 8.60. The fourth-order valence-electron chi connectivity index (χ4n) is 3.24. The zero-order valence-corrected chi connectivity index (χ0v) is 15.5. The summed E-state index contributed by atoms with van der Waals surface area (Å²) in [5.74, 6) is 0.769. The predicted molar refractivity (Wildman–Crippen MR) is 97.3 cm³/mol. The molecular formula is C18H26N4OS. The Bertz CT molecular complexity index is 671. The van der Waals surface area contributed by atoms with Gasteiger partial charge in [-0.25, -0.2) is 0 Å². The number of piperidine rings is 1. The number of carbonyl (C=O) groups is 1. The topological polar surface area (TPSA) is 50.2 Å². The molecule has 130 valence electrons. The highest BCUT2D eigenvalue weighted by atomic mass is 32.1. The molecule has 6 heteroatoms. The molecule has 2 aromatic rings. The van der Waals surface area contributed by atoms with Crippen molar-refractivity contribution in [2.24, 2.45) is 13.0 Å². The van der Waals surface area contributed by atoms with Gasteiger partial charge in [0.2, 0.25) is 0 Å². The SMILES string of the molecule is Cc1c(C(=O)NC[C@H](c2cccs2)N2CCC(C)CC2)cnn1C. The van der Waals surface area contributed by atoms with Crippen molar-refractivity contribution < 1.29 is 4.79 Å². The normalized spacial score (nSPS) is 17.8.